The fourth-order valence-electron chi connectivity index (χ4n) is 1.17. The average molecular weight is 259 g/mol. The van der Waals surface area contributed by atoms with Crippen LogP contribution in [0.4, 0.5) is 5.69 Å². The Morgan fingerprint density at radius 2 is 2.35 bits per heavy atom. The Hall–Kier alpha value is -1.41. The Labute approximate surface area is 102 Å². The zero-order chi connectivity index (χ0) is 12.8. The first-order chi connectivity index (χ1) is 8.10. The minimum atomic E-state index is -0.563. The van der Waals surface area contributed by atoms with Crippen molar-refractivity contribution >= 4 is 17.4 Å². The summed E-state index contributed by atoms with van der Waals surface area (Å²) in [5, 5.41) is 20.0. The number of rotatable bonds is 6. The molecule has 1 unspecified atom stereocenters. The lowest BCUT2D eigenvalue weighted by Crippen LogP contribution is -2.04. The largest absolute Gasteiger partial charge is 0.476 e. The summed E-state index contributed by atoms with van der Waals surface area (Å²) in [6.45, 7) is 1.89. The predicted molar refractivity (Wildman–Crippen MR) is 62.3 cm³/mol. The van der Waals surface area contributed by atoms with Crippen molar-refractivity contribution in [2.24, 2.45) is 0 Å². The van der Waals surface area contributed by atoms with Gasteiger partial charge in [-0.05, 0) is 6.42 Å². The molecule has 1 aromatic rings. The molecule has 0 spiro atoms. The number of methoxy groups -OCH3 is 1. The van der Waals surface area contributed by atoms with E-state index in [-0.39, 0.29) is 28.5 Å². The number of hydrogen-bond donors (Lipinski definition) is 1. The molecule has 17 heavy (non-hydrogen) atoms. The summed E-state index contributed by atoms with van der Waals surface area (Å²) in [7, 11) is 1.32. The lowest BCUT2D eigenvalue weighted by molar-refractivity contribution is -0.389. The Morgan fingerprint density at radius 1 is 1.65 bits per heavy atom. The highest BCUT2D eigenvalue weighted by atomic mass is 32.2. The molecule has 0 aromatic carbocycles. The minimum Gasteiger partial charge on any atom is -0.476 e. The summed E-state index contributed by atoms with van der Waals surface area (Å²) in [4.78, 5) is 17.9. The molecule has 1 N–H and O–H groups in total. The van der Waals surface area contributed by atoms with Crippen molar-refractivity contribution in [2.75, 3.05) is 13.7 Å². The van der Waals surface area contributed by atoms with E-state index in [2.05, 4.69) is 9.97 Å². The van der Waals surface area contributed by atoms with Gasteiger partial charge in [0.15, 0.2) is 5.03 Å². The molecule has 0 radical (unpaired) electrons. The molecule has 0 amide bonds. The highest BCUT2D eigenvalue weighted by Crippen LogP contribution is 2.35. The molecule has 0 fully saturated rings. The van der Waals surface area contributed by atoms with Crippen LogP contribution < -0.4 is 4.74 Å². The van der Waals surface area contributed by atoms with Crippen molar-refractivity contribution in [2.45, 2.75) is 23.6 Å². The van der Waals surface area contributed by atoms with E-state index in [1.807, 2.05) is 6.92 Å². The SMILES string of the molecule is COc1ncnc(SC(C)CCO)c1[N+](=O)[O-]. The van der Waals surface area contributed by atoms with E-state index >= 15 is 0 Å². The normalized spacial score (nSPS) is 12.2. The van der Waals surface area contributed by atoms with Crippen molar-refractivity contribution in [1.29, 1.82) is 0 Å². The van der Waals surface area contributed by atoms with Crippen LogP contribution in [0.5, 0.6) is 5.88 Å². The first-order valence-corrected chi connectivity index (χ1v) is 5.79. The van der Waals surface area contributed by atoms with E-state index in [0.717, 1.165) is 0 Å². The maximum atomic E-state index is 10.9. The van der Waals surface area contributed by atoms with Crippen LogP contribution in [0.1, 0.15) is 13.3 Å². The van der Waals surface area contributed by atoms with E-state index in [1.54, 1.807) is 0 Å². The number of nitro groups is 1. The van der Waals surface area contributed by atoms with E-state index < -0.39 is 4.92 Å². The zero-order valence-electron chi connectivity index (χ0n) is 9.49. The van der Waals surface area contributed by atoms with Crippen LogP contribution in [0.3, 0.4) is 0 Å². The third kappa shape index (κ3) is 3.53. The quantitative estimate of drug-likeness (QED) is 0.355. The molecule has 0 aliphatic rings. The molecule has 1 rings (SSSR count). The Morgan fingerprint density at radius 3 is 2.88 bits per heavy atom. The van der Waals surface area contributed by atoms with Gasteiger partial charge in [0.25, 0.3) is 5.88 Å². The summed E-state index contributed by atoms with van der Waals surface area (Å²) in [6.07, 6.45) is 1.76. The highest BCUT2D eigenvalue weighted by Gasteiger charge is 2.25. The van der Waals surface area contributed by atoms with Gasteiger partial charge in [-0.25, -0.2) is 4.98 Å². The minimum absolute atomic E-state index is 0.0262. The van der Waals surface area contributed by atoms with Crippen LogP contribution in [-0.4, -0.2) is 39.0 Å². The van der Waals surface area contributed by atoms with Gasteiger partial charge in [-0.3, -0.25) is 10.1 Å². The van der Waals surface area contributed by atoms with E-state index in [0.29, 0.717) is 6.42 Å². The van der Waals surface area contributed by atoms with Crippen LogP contribution in [0.2, 0.25) is 0 Å². The molecule has 1 aromatic heterocycles. The lowest BCUT2D eigenvalue weighted by atomic mass is 10.3. The van der Waals surface area contributed by atoms with Gasteiger partial charge in [0.2, 0.25) is 0 Å². The van der Waals surface area contributed by atoms with E-state index in [9.17, 15) is 10.1 Å². The summed E-state index contributed by atoms with van der Waals surface area (Å²) in [5.74, 6) is -0.0521. The van der Waals surface area contributed by atoms with Crippen molar-refractivity contribution in [3.05, 3.63) is 16.4 Å². The molecule has 1 heterocycles. The molecule has 0 saturated carbocycles. The molecule has 8 heteroatoms. The number of aliphatic hydroxyl groups is 1. The third-order valence-electron chi connectivity index (χ3n) is 1.98. The fourth-order valence-corrected chi connectivity index (χ4v) is 2.16. The molecule has 0 aliphatic carbocycles. The molecule has 0 saturated heterocycles. The van der Waals surface area contributed by atoms with Gasteiger partial charge in [-0.1, -0.05) is 18.7 Å². The molecule has 7 nitrogen and oxygen atoms in total. The Kier molecular flexibility index (Phi) is 5.11. The zero-order valence-corrected chi connectivity index (χ0v) is 10.3. The van der Waals surface area contributed by atoms with Crippen molar-refractivity contribution in [3.8, 4) is 5.88 Å². The first-order valence-electron chi connectivity index (χ1n) is 4.91. The standard InChI is InChI=1S/C9H13N3O4S/c1-6(3-4-13)17-9-7(12(14)15)8(16-2)10-5-11-9/h5-6,13H,3-4H2,1-2H3. The number of nitrogens with zero attached hydrogens (tertiary/aromatic N) is 3. The van der Waals surface area contributed by atoms with Gasteiger partial charge >= 0.3 is 5.69 Å². The number of aliphatic hydroxyl groups excluding tert-OH is 1. The van der Waals surface area contributed by atoms with E-state index in [1.165, 1.54) is 25.2 Å². The van der Waals surface area contributed by atoms with Gasteiger partial charge in [0, 0.05) is 11.9 Å². The van der Waals surface area contributed by atoms with Crippen LogP contribution in [0.25, 0.3) is 0 Å². The second kappa shape index (κ2) is 6.36. The van der Waals surface area contributed by atoms with E-state index in [4.69, 9.17) is 9.84 Å². The van der Waals surface area contributed by atoms with Crippen LogP contribution in [0.15, 0.2) is 11.4 Å². The molecule has 0 aliphatic heterocycles. The summed E-state index contributed by atoms with van der Waals surface area (Å²) in [6, 6.07) is 0. The average Bonchev–Trinajstić information content (AvgIpc) is 2.28. The van der Waals surface area contributed by atoms with Gasteiger partial charge in [0.1, 0.15) is 6.33 Å². The van der Waals surface area contributed by atoms with Crippen LogP contribution in [-0.2, 0) is 0 Å². The van der Waals surface area contributed by atoms with Crippen LogP contribution >= 0.6 is 11.8 Å². The predicted octanol–water partition coefficient (Wildman–Crippen LogP) is 1.26. The molecule has 1 atom stereocenters. The molecule has 94 valence electrons. The van der Waals surface area contributed by atoms with Crippen LogP contribution in [0, 0.1) is 10.1 Å². The summed E-state index contributed by atoms with van der Waals surface area (Å²) in [5.41, 5.74) is -0.232. The molecular weight excluding hydrogens is 246 g/mol. The smallest absolute Gasteiger partial charge is 0.362 e. The lowest BCUT2D eigenvalue weighted by Gasteiger charge is -2.09. The first kappa shape index (κ1) is 13.7. The second-order valence-corrected chi connectivity index (χ2v) is 4.66. The Balaban J connectivity index is 3.02. The number of ether oxygens (including phenoxy) is 1. The number of thioether (sulfide) groups is 1. The second-order valence-electron chi connectivity index (χ2n) is 3.23. The van der Waals surface area contributed by atoms with Crippen molar-refractivity contribution in [1.82, 2.24) is 9.97 Å². The van der Waals surface area contributed by atoms with Gasteiger partial charge in [0.05, 0.1) is 12.0 Å². The van der Waals surface area contributed by atoms with Crippen molar-refractivity contribution in [3.63, 3.8) is 0 Å². The third-order valence-corrected chi connectivity index (χ3v) is 3.14. The van der Waals surface area contributed by atoms with Crippen molar-refractivity contribution < 1.29 is 14.8 Å². The maximum Gasteiger partial charge on any atom is 0.362 e. The number of aromatic nitrogens is 2. The highest BCUT2D eigenvalue weighted by molar-refractivity contribution is 8.00. The van der Waals surface area contributed by atoms with Gasteiger partial charge < -0.3 is 9.84 Å². The van der Waals surface area contributed by atoms with Gasteiger partial charge in [-0.2, -0.15) is 4.98 Å². The Bertz CT molecular complexity index is 402. The topological polar surface area (TPSA) is 98.4 Å². The summed E-state index contributed by atoms with van der Waals surface area (Å²) >= 11 is 1.22. The molecule has 0 bridgehead atoms. The van der Waals surface area contributed by atoms with Gasteiger partial charge in [-0.15, -0.1) is 0 Å². The monoisotopic (exact) mass is 259 g/mol. The maximum absolute atomic E-state index is 10.9. The summed E-state index contributed by atoms with van der Waals surface area (Å²) < 4.78 is 4.83. The molecular formula is C9H13N3O4S. The number of hydrogen-bond acceptors (Lipinski definition) is 7. The fraction of sp³-hybridized carbons (Fsp3) is 0.556.